The predicted octanol–water partition coefficient (Wildman–Crippen LogP) is 2.43. The van der Waals surface area contributed by atoms with Crippen LogP contribution in [-0.2, 0) is 7.05 Å². The van der Waals surface area contributed by atoms with Gasteiger partial charge in [-0.3, -0.25) is 4.68 Å². The largest absolute Gasteiger partial charge is 0.262 e. The molecule has 2 heterocycles. The lowest BCUT2D eigenvalue weighted by Crippen LogP contribution is -1.92. The average Bonchev–Trinajstić information content (AvgIpc) is 2.27. The van der Waals surface area contributed by atoms with Gasteiger partial charge in [-0.15, -0.1) is 0 Å². The Morgan fingerprint density at radius 1 is 1.31 bits per heavy atom. The summed E-state index contributed by atoms with van der Waals surface area (Å²) in [5.74, 6) is 0. The Labute approximate surface area is 92.0 Å². The normalized spacial score (nSPS) is 11.1. The van der Waals surface area contributed by atoms with Crippen LogP contribution in [0.15, 0.2) is 4.60 Å². The molecule has 0 atom stereocenters. The second kappa shape index (κ2) is 3.08. The predicted molar refractivity (Wildman–Crippen MR) is 54.0 cm³/mol. The first kappa shape index (κ1) is 9.18. The molecule has 2 aromatic rings. The van der Waals surface area contributed by atoms with Crippen molar-refractivity contribution < 1.29 is 0 Å². The SMILES string of the molecule is Cn1nc(Br)c2nc(Cl)nc(Cl)c21. The molecule has 2 aromatic heterocycles. The van der Waals surface area contributed by atoms with Gasteiger partial charge in [0.2, 0.25) is 5.28 Å². The molecule has 68 valence electrons. The van der Waals surface area contributed by atoms with E-state index in [1.807, 2.05) is 0 Å². The number of nitrogens with zero attached hydrogens (tertiary/aromatic N) is 4. The van der Waals surface area contributed by atoms with Crippen LogP contribution in [0.1, 0.15) is 0 Å². The highest BCUT2D eigenvalue weighted by atomic mass is 79.9. The number of fused-ring (bicyclic) bond motifs is 1. The third kappa shape index (κ3) is 1.41. The van der Waals surface area contributed by atoms with E-state index >= 15 is 0 Å². The first-order chi connectivity index (χ1) is 6.09. The molecular weight excluding hydrogens is 279 g/mol. The molecule has 0 aromatic carbocycles. The maximum absolute atomic E-state index is 5.86. The molecule has 0 aliphatic carbocycles. The van der Waals surface area contributed by atoms with Crippen LogP contribution in [0, 0.1) is 0 Å². The van der Waals surface area contributed by atoms with Crippen LogP contribution in [0.3, 0.4) is 0 Å². The summed E-state index contributed by atoms with van der Waals surface area (Å²) in [6, 6.07) is 0. The Bertz CT molecular complexity index is 481. The zero-order valence-electron chi connectivity index (χ0n) is 6.42. The number of hydrogen-bond acceptors (Lipinski definition) is 3. The van der Waals surface area contributed by atoms with Crippen molar-refractivity contribution in [2.75, 3.05) is 0 Å². The Morgan fingerprint density at radius 2 is 2.00 bits per heavy atom. The van der Waals surface area contributed by atoms with Gasteiger partial charge in [0.05, 0.1) is 0 Å². The second-order valence-corrected chi connectivity index (χ2v) is 3.84. The Hall–Kier alpha value is -0.390. The summed E-state index contributed by atoms with van der Waals surface area (Å²) >= 11 is 14.8. The molecule has 0 fully saturated rings. The van der Waals surface area contributed by atoms with E-state index < -0.39 is 0 Å². The summed E-state index contributed by atoms with van der Waals surface area (Å²) in [6.07, 6.45) is 0. The van der Waals surface area contributed by atoms with E-state index in [1.165, 1.54) is 0 Å². The molecule has 4 nitrogen and oxygen atoms in total. The fourth-order valence-corrected chi connectivity index (χ4v) is 2.08. The van der Waals surface area contributed by atoms with E-state index in [0.29, 0.717) is 20.8 Å². The van der Waals surface area contributed by atoms with Crippen molar-refractivity contribution in [3.8, 4) is 0 Å². The zero-order valence-corrected chi connectivity index (χ0v) is 9.52. The second-order valence-electron chi connectivity index (χ2n) is 2.40. The third-order valence-corrected chi connectivity index (χ3v) is 2.54. The monoisotopic (exact) mass is 280 g/mol. The van der Waals surface area contributed by atoms with E-state index in [2.05, 4.69) is 31.0 Å². The van der Waals surface area contributed by atoms with Crippen LogP contribution in [0.5, 0.6) is 0 Å². The van der Waals surface area contributed by atoms with Crippen molar-refractivity contribution in [3.05, 3.63) is 15.0 Å². The molecule has 0 N–H and O–H groups in total. The van der Waals surface area contributed by atoms with Gasteiger partial charge in [-0.2, -0.15) is 5.10 Å². The number of aryl methyl sites for hydroxylation is 1. The topological polar surface area (TPSA) is 43.6 Å². The summed E-state index contributed by atoms with van der Waals surface area (Å²) in [6.45, 7) is 0. The average molecular weight is 282 g/mol. The van der Waals surface area contributed by atoms with Gasteiger partial charge in [0.1, 0.15) is 11.0 Å². The molecule has 0 spiro atoms. The molecule has 13 heavy (non-hydrogen) atoms. The van der Waals surface area contributed by atoms with Crippen LogP contribution >= 0.6 is 39.1 Å². The zero-order chi connectivity index (χ0) is 9.59. The van der Waals surface area contributed by atoms with Crippen LogP contribution in [0.4, 0.5) is 0 Å². The smallest absolute Gasteiger partial charge is 0.224 e. The van der Waals surface area contributed by atoms with Gasteiger partial charge in [-0.25, -0.2) is 9.97 Å². The van der Waals surface area contributed by atoms with Gasteiger partial charge in [0, 0.05) is 7.05 Å². The fraction of sp³-hybridized carbons (Fsp3) is 0.167. The van der Waals surface area contributed by atoms with Gasteiger partial charge in [-0.05, 0) is 27.5 Å². The molecule has 0 aliphatic heterocycles. The van der Waals surface area contributed by atoms with Crippen LogP contribution in [-0.4, -0.2) is 19.7 Å². The van der Waals surface area contributed by atoms with Gasteiger partial charge >= 0.3 is 0 Å². The van der Waals surface area contributed by atoms with E-state index in [1.54, 1.807) is 11.7 Å². The van der Waals surface area contributed by atoms with Crippen molar-refractivity contribution in [2.24, 2.45) is 7.05 Å². The summed E-state index contributed by atoms with van der Waals surface area (Å²) in [5.41, 5.74) is 1.28. The van der Waals surface area contributed by atoms with Gasteiger partial charge < -0.3 is 0 Å². The minimum Gasteiger partial charge on any atom is -0.262 e. The minimum atomic E-state index is 0.117. The van der Waals surface area contributed by atoms with Crippen molar-refractivity contribution in [1.29, 1.82) is 0 Å². The molecule has 0 amide bonds. The molecule has 0 saturated carbocycles. The van der Waals surface area contributed by atoms with Gasteiger partial charge in [0.15, 0.2) is 9.76 Å². The highest BCUT2D eigenvalue weighted by molar-refractivity contribution is 9.10. The quantitative estimate of drug-likeness (QED) is 0.550. The molecule has 0 aliphatic rings. The Balaban J connectivity index is 2.97. The van der Waals surface area contributed by atoms with Crippen molar-refractivity contribution in [1.82, 2.24) is 19.7 Å². The van der Waals surface area contributed by atoms with Gasteiger partial charge in [0.25, 0.3) is 0 Å². The Kier molecular flexibility index (Phi) is 2.17. The van der Waals surface area contributed by atoms with E-state index in [-0.39, 0.29) is 5.28 Å². The number of aromatic nitrogens is 4. The first-order valence-corrected chi connectivity index (χ1v) is 4.85. The molecule has 0 saturated heterocycles. The maximum atomic E-state index is 5.86. The lowest BCUT2D eigenvalue weighted by Gasteiger charge is -1.95. The standard InChI is InChI=1S/C6H3BrCl2N4/c1-13-3-2(4(7)12-13)10-6(9)11-5(3)8/h1H3. The highest BCUT2D eigenvalue weighted by Gasteiger charge is 2.13. The summed E-state index contributed by atoms with van der Waals surface area (Å²) in [4.78, 5) is 7.81. The summed E-state index contributed by atoms with van der Waals surface area (Å²) in [7, 11) is 1.76. The lowest BCUT2D eigenvalue weighted by molar-refractivity contribution is 0.787. The molecule has 0 bridgehead atoms. The summed E-state index contributed by atoms with van der Waals surface area (Å²) < 4.78 is 2.20. The first-order valence-electron chi connectivity index (χ1n) is 3.31. The van der Waals surface area contributed by atoms with Crippen molar-refractivity contribution in [3.63, 3.8) is 0 Å². The van der Waals surface area contributed by atoms with E-state index in [4.69, 9.17) is 23.2 Å². The van der Waals surface area contributed by atoms with Gasteiger partial charge in [-0.1, -0.05) is 11.6 Å². The molecule has 7 heteroatoms. The third-order valence-electron chi connectivity index (χ3n) is 1.57. The lowest BCUT2D eigenvalue weighted by atomic mass is 10.5. The van der Waals surface area contributed by atoms with E-state index in [9.17, 15) is 0 Å². The number of rotatable bonds is 0. The van der Waals surface area contributed by atoms with Crippen LogP contribution < -0.4 is 0 Å². The van der Waals surface area contributed by atoms with Crippen LogP contribution in [0.25, 0.3) is 11.0 Å². The molecule has 0 unspecified atom stereocenters. The maximum Gasteiger partial charge on any atom is 0.224 e. The molecule has 0 radical (unpaired) electrons. The highest BCUT2D eigenvalue weighted by Crippen LogP contribution is 2.26. The minimum absolute atomic E-state index is 0.117. The fourth-order valence-electron chi connectivity index (χ4n) is 1.06. The number of hydrogen-bond donors (Lipinski definition) is 0. The Morgan fingerprint density at radius 3 is 2.69 bits per heavy atom. The van der Waals surface area contributed by atoms with Crippen molar-refractivity contribution in [2.45, 2.75) is 0 Å². The molecular formula is C6H3BrCl2N4. The van der Waals surface area contributed by atoms with Crippen LogP contribution in [0.2, 0.25) is 10.4 Å². The van der Waals surface area contributed by atoms with Crippen molar-refractivity contribution >= 4 is 50.2 Å². The molecule has 2 rings (SSSR count). The summed E-state index contributed by atoms with van der Waals surface area (Å²) in [5, 5.41) is 4.50. The van der Waals surface area contributed by atoms with E-state index in [0.717, 1.165) is 0 Å². The number of halogens is 3.